The third kappa shape index (κ3) is 7.87. The number of hydrogen-bond donors (Lipinski definition) is 2. The first kappa shape index (κ1) is 25.8. The molecule has 7 heteroatoms. The van der Waals surface area contributed by atoms with E-state index in [0.29, 0.717) is 30.6 Å². The summed E-state index contributed by atoms with van der Waals surface area (Å²) in [4.78, 5) is 25.5. The van der Waals surface area contributed by atoms with Gasteiger partial charge in [-0.15, -0.1) is 0 Å². The Kier molecular flexibility index (Phi) is 8.81. The smallest absolute Gasteiger partial charge is 0.267 e. The largest absolute Gasteiger partial charge is 0.497 e. The van der Waals surface area contributed by atoms with Crippen molar-refractivity contribution in [3.8, 4) is 17.2 Å². The lowest BCUT2D eigenvalue weighted by atomic mass is 10.1. The molecule has 4 rings (SSSR count). The zero-order valence-corrected chi connectivity index (χ0v) is 21.2. The van der Waals surface area contributed by atoms with Gasteiger partial charge < -0.3 is 24.8 Å². The predicted molar refractivity (Wildman–Crippen MR) is 143 cm³/mol. The van der Waals surface area contributed by atoms with Gasteiger partial charge in [-0.2, -0.15) is 0 Å². The molecular formula is C30H32N2O5. The average molecular weight is 501 g/mol. The van der Waals surface area contributed by atoms with E-state index in [1.54, 1.807) is 37.5 Å². The van der Waals surface area contributed by atoms with Gasteiger partial charge in [0.05, 0.1) is 19.8 Å². The second-order valence-electron chi connectivity index (χ2n) is 8.73. The monoisotopic (exact) mass is 500 g/mol. The molecule has 1 saturated carbocycles. The van der Waals surface area contributed by atoms with Crippen LogP contribution in [0.4, 0.5) is 0 Å². The molecule has 0 aromatic heterocycles. The van der Waals surface area contributed by atoms with Crippen molar-refractivity contribution in [1.29, 1.82) is 0 Å². The molecule has 192 valence electrons. The number of rotatable bonds is 12. The molecule has 0 heterocycles. The maximum Gasteiger partial charge on any atom is 0.267 e. The van der Waals surface area contributed by atoms with Crippen LogP contribution < -0.4 is 24.8 Å². The van der Waals surface area contributed by atoms with Crippen LogP contribution in [-0.2, 0) is 11.2 Å². The zero-order valence-electron chi connectivity index (χ0n) is 21.2. The molecule has 0 saturated heterocycles. The lowest BCUT2D eigenvalue weighted by Crippen LogP contribution is -2.34. The highest BCUT2D eigenvalue weighted by Crippen LogP contribution is 2.27. The first-order chi connectivity index (χ1) is 18.0. The molecule has 3 aromatic rings. The highest BCUT2D eigenvalue weighted by molar-refractivity contribution is 6.05. The molecule has 3 aromatic carbocycles. The summed E-state index contributed by atoms with van der Waals surface area (Å²) in [6, 6.07) is 22.2. The maximum atomic E-state index is 12.9. The fourth-order valence-electron chi connectivity index (χ4n) is 3.58. The molecule has 37 heavy (non-hydrogen) atoms. The van der Waals surface area contributed by atoms with E-state index < -0.39 is 0 Å². The van der Waals surface area contributed by atoms with Crippen molar-refractivity contribution >= 4 is 17.9 Å². The number of hydrogen-bond acceptors (Lipinski definition) is 5. The minimum absolute atomic E-state index is 0.169. The number of carbonyl (C=O) groups is 2. The molecule has 0 bridgehead atoms. The minimum Gasteiger partial charge on any atom is -0.497 e. The highest BCUT2D eigenvalue weighted by atomic mass is 16.5. The van der Waals surface area contributed by atoms with E-state index in [0.717, 1.165) is 41.9 Å². The van der Waals surface area contributed by atoms with E-state index in [4.69, 9.17) is 14.2 Å². The Morgan fingerprint density at radius 2 is 1.54 bits per heavy atom. The molecule has 0 aliphatic heterocycles. The van der Waals surface area contributed by atoms with Crippen LogP contribution in [-0.4, -0.2) is 38.2 Å². The lowest BCUT2D eigenvalue weighted by molar-refractivity contribution is -0.117. The third-order valence-electron chi connectivity index (χ3n) is 5.78. The molecule has 0 radical (unpaired) electrons. The number of nitrogens with one attached hydrogen (secondary N) is 2. The van der Waals surface area contributed by atoms with Crippen molar-refractivity contribution in [2.45, 2.75) is 32.3 Å². The Hall–Kier alpha value is -4.26. The van der Waals surface area contributed by atoms with Gasteiger partial charge in [0.2, 0.25) is 0 Å². The molecule has 1 aliphatic rings. The summed E-state index contributed by atoms with van der Waals surface area (Å²) >= 11 is 0. The fourth-order valence-corrected chi connectivity index (χ4v) is 3.58. The Morgan fingerprint density at radius 3 is 2.16 bits per heavy atom. The van der Waals surface area contributed by atoms with E-state index in [2.05, 4.69) is 10.6 Å². The fraction of sp³-hybridized carbons (Fsp3) is 0.267. The van der Waals surface area contributed by atoms with Crippen LogP contribution in [0.3, 0.4) is 0 Å². The zero-order chi connectivity index (χ0) is 26.0. The van der Waals surface area contributed by atoms with Crippen LogP contribution in [0.15, 0.2) is 78.5 Å². The minimum atomic E-state index is -0.379. The average Bonchev–Trinajstić information content (AvgIpc) is 3.74. The van der Waals surface area contributed by atoms with E-state index in [9.17, 15) is 9.59 Å². The van der Waals surface area contributed by atoms with Gasteiger partial charge in [0.1, 0.15) is 22.9 Å². The molecule has 0 atom stereocenters. The molecule has 2 N–H and O–H groups in total. The summed E-state index contributed by atoms with van der Waals surface area (Å²) in [5.74, 6) is 1.55. The number of ether oxygens (including phenoxy) is 3. The standard InChI is InChI=1S/C30H32N2O5/c1-3-31-30(34)28(20-22-6-12-26(13-7-22)37-27-16-17-27)32-29(33)23-8-14-25(15-9-23)36-19-18-21-4-10-24(35-2)11-5-21/h4-15,20,27H,3,16-19H2,1-2H3,(H,31,34)(H,32,33). The van der Waals surface area contributed by atoms with Gasteiger partial charge in [-0.1, -0.05) is 24.3 Å². The topological polar surface area (TPSA) is 85.9 Å². The molecule has 1 aliphatic carbocycles. The SMILES string of the molecule is CCNC(=O)C(=Cc1ccc(OC2CC2)cc1)NC(=O)c1ccc(OCCc2ccc(OC)cc2)cc1. The van der Waals surface area contributed by atoms with Crippen LogP contribution in [0, 0.1) is 0 Å². The predicted octanol–water partition coefficient (Wildman–Crippen LogP) is 4.76. The highest BCUT2D eigenvalue weighted by Gasteiger charge is 2.23. The number of carbonyl (C=O) groups excluding carboxylic acids is 2. The molecular weight excluding hydrogens is 468 g/mol. The van der Waals surface area contributed by atoms with Crippen LogP contribution in [0.1, 0.15) is 41.3 Å². The molecule has 1 fully saturated rings. The summed E-state index contributed by atoms with van der Waals surface area (Å²) < 4.78 is 16.8. The summed E-state index contributed by atoms with van der Waals surface area (Å²) in [5.41, 5.74) is 2.52. The van der Waals surface area contributed by atoms with Crippen LogP contribution in [0.2, 0.25) is 0 Å². The Balaban J connectivity index is 1.35. The van der Waals surface area contributed by atoms with Gasteiger partial charge >= 0.3 is 0 Å². The van der Waals surface area contributed by atoms with E-state index >= 15 is 0 Å². The first-order valence-electron chi connectivity index (χ1n) is 12.5. The molecule has 0 unspecified atom stereocenters. The van der Waals surface area contributed by atoms with Crippen molar-refractivity contribution < 1.29 is 23.8 Å². The number of amides is 2. The van der Waals surface area contributed by atoms with Crippen LogP contribution in [0.25, 0.3) is 6.08 Å². The molecule has 2 amide bonds. The number of methoxy groups -OCH3 is 1. The summed E-state index contributed by atoms with van der Waals surface area (Å²) in [6.45, 7) is 2.78. The quantitative estimate of drug-likeness (QED) is 0.350. The van der Waals surface area contributed by atoms with Gasteiger partial charge in [0, 0.05) is 18.5 Å². The van der Waals surface area contributed by atoms with Crippen molar-refractivity contribution in [2.75, 3.05) is 20.3 Å². The Morgan fingerprint density at radius 1 is 0.892 bits per heavy atom. The Labute approximate surface area is 217 Å². The lowest BCUT2D eigenvalue weighted by Gasteiger charge is -2.11. The van der Waals surface area contributed by atoms with Gasteiger partial charge in [-0.05, 0) is 85.5 Å². The number of likely N-dealkylation sites (N-methyl/N-ethyl adjacent to an activating group) is 1. The maximum absolute atomic E-state index is 12.9. The third-order valence-corrected chi connectivity index (χ3v) is 5.78. The van der Waals surface area contributed by atoms with Crippen molar-refractivity contribution in [3.05, 3.63) is 95.2 Å². The summed E-state index contributed by atoms with van der Waals surface area (Å²) in [6.07, 6.45) is 4.90. The second-order valence-corrected chi connectivity index (χ2v) is 8.73. The van der Waals surface area contributed by atoms with Gasteiger partial charge in [0.25, 0.3) is 11.8 Å². The van der Waals surface area contributed by atoms with Gasteiger partial charge in [-0.25, -0.2) is 0 Å². The van der Waals surface area contributed by atoms with Crippen molar-refractivity contribution in [1.82, 2.24) is 10.6 Å². The number of benzene rings is 3. The van der Waals surface area contributed by atoms with Crippen molar-refractivity contribution in [2.24, 2.45) is 0 Å². The van der Waals surface area contributed by atoms with Crippen LogP contribution >= 0.6 is 0 Å². The van der Waals surface area contributed by atoms with E-state index in [1.807, 2.05) is 55.5 Å². The summed E-state index contributed by atoms with van der Waals surface area (Å²) in [5, 5.41) is 5.49. The Bertz CT molecular complexity index is 1210. The summed E-state index contributed by atoms with van der Waals surface area (Å²) in [7, 11) is 1.64. The first-order valence-corrected chi connectivity index (χ1v) is 12.5. The van der Waals surface area contributed by atoms with Gasteiger partial charge in [0.15, 0.2) is 0 Å². The van der Waals surface area contributed by atoms with Crippen LogP contribution in [0.5, 0.6) is 17.2 Å². The second kappa shape index (κ2) is 12.6. The normalized spacial score (nSPS) is 13.0. The van der Waals surface area contributed by atoms with E-state index in [-0.39, 0.29) is 17.5 Å². The van der Waals surface area contributed by atoms with E-state index in [1.165, 1.54) is 0 Å². The molecule has 7 nitrogen and oxygen atoms in total. The van der Waals surface area contributed by atoms with Crippen molar-refractivity contribution in [3.63, 3.8) is 0 Å². The van der Waals surface area contributed by atoms with Gasteiger partial charge in [-0.3, -0.25) is 9.59 Å². The molecule has 0 spiro atoms.